The molecule has 2 aliphatic heterocycles. The average Bonchev–Trinajstić information content (AvgIpc) is 2.88. The highest BCUT2D eigenvalue weighted by Gasteiger charge is 2.33. The van der Waals surface area contributed by atoms with Crippen LogP contribution in [0, 0.1) is 12.7 Å². The van der Waals surface area contributed by atoms with Crippen LogP contribution >= 0.6 is 0 Å². The number of hydrogen-bond donors (Lipinski definition) is 3. The molecule has 2 aromatic heterocycles. The first-order chi connectivity index (χ1) is 18.2. The summed E-state index contributed by atoms with van der Waals surface area (Å²) >= 11 is 0. The van der Waals surface area contributed by atoms with Crippen LogP contribution in [0.4, 0.5) is 39.5 Å². The van der Waals surface area contributed by atoms with Gasteiger partial charge >= 0.3 is 6.09 Å². The molecular weight excluding hydrogens is 508 g/mol. The first-order valence-electron chi connectivity index (χ1n) is 12.1. The summed E-state index contributed by atoms with van der Waals surface area (Å²) in [6.45, 7) is 2.30. The number of amides is 1. The molecule has 0 saturated carbocycles. The molecule has 9 nitrogen and oxygen atoms in total. The van der Waals surface area contributed by atoms with Crippen LogP contribution in [0.25, 0.3) is 21.9 Å². The van der Waals surface area contributed by atoms with Gasteiger partial charge in [-0.2, -0.15) is 0 Å². The number of piperidine rings is 1. The first-order valence-corrected chi connectivity index (χ1v) is 12.1. The minimum atomic E-state index is -2.57. The number of benzene rings is 1. The highest BCUT2D eigenvalue weighted by molar-refractivity contribution is 5.99. The molecule has 1 aromatic carbocycles. The number of halogens is 4. The molecule has 5 rings (SSSR count). The number of ether oxygens (including phenoxy) is 2. The molecule has 38 heavy (non-hydrogen) atoms. The van der Waals surface area contributed by atoms with Crippen LogP contribution in [-0.2, 0) is 4.74 Å². The van der Waals surface area contributed by atoms with E-state index in [1.165, 1.54) is 23.4 Å². The number of carbonyl (C=O) groups is 1. The molecule has 1 fully saturated rings. The molecule has 4 N–H and O–H groups in total. The van der Waals surface area contributed by atoms with Crippen molar-refractivity contribution in [2.45, 2.75) is 32.0 Å². The Morgan fingerprint density at radius 3 is 2.89 bits per heavy atom. The quantitative estimate of drug-likeness (QED) is 0.327. The molecule has 0 unspecified atom stereocenters. The van der Waals surface area contributed by atoms with Crippen molar-refractivity contribution in [3.05, 3.63) is 35.9 Å². The molecule has 1 saturated heterocycles. The lowest BCUT2D eigenvalue weighted by Crippen LogP contribution is -2.48. The van der Waals surface area contributed by atoms with Crippen molar-refractivity contribution < 1.29 is 31.8 Å². The van der Waals surface area contributed by atoms with Crippen molar-refractivity contribution in [1.82, 2.24) is 14.9 Å². The Kier molecular flexibility index (Phi) is 7.11. The van der Waals surface area contributed by atoms with Crippen LogP contribution in [0.2, 0.25) is 0 Å². The first kappa shape index (κ1) is 25.8. The summed E-state index contributed by atoms with van der Waals surface area (Å²) in [5.41, 5.74) is 8.13. The van der Waals surface area contributed by atoms with Crippen molar-refractivity contribution in [2.75, 3.05) is 49.2 Å². The number of alkyl halides is 3. The van der Waals surface area contributed by atoms with E-state index in [0.29, 0.717) is 41.1 Å². The Bertz CT molecular complexity index is 1370. The molecular formula is C25H26F4N6O3. The monoisotopic (exact) mass is 534 g/mol. The Balaban J connectivity index is 1.35. The van der Waals surface area contributed by atoms with Gasteiger partial charge in [-0.3, -0.25) is 10.2 Å². The van der Waals surface area contributed by atoms with Crippen molar-refractivity contribution >= 4 is 34.1 Å². The van der Waals surface area contributed by atoms with Crippen molar-refractivity contribution in [3.63, 3.8) is 0 Å². The number of likely N-dealkylation sites (tertiary alicyclic amines) is 1. The molecule has 1 amide bonds. The van der Waals surface area contributed by atoms with Gasteiger partial charge in [0.25, 0.3) is 6.43 Å². The third-order valence-corrected chi connectivity index (χ3v) is 6.69. The van der Waals surface area contributed by atoms with Gasteiger partial charge < -0.3 is 20.5 Å². The predicted molar refractivity (Wildman–Crippen MR) is 134 cm³/mol. The van der Waals surface area contributed by atoms with Gasteiger partial charge in [0.15, 0.2) is 5.82 Å². The SMILES string of the molecule is Cc1c(-c2cc3cc(NC(=O)O[C@@H]4CCN(CC(F)F)C[C@H]4F)ncc3c(N)c2F)cnc2c1NCCO2. The second-order valence-electron chi connectivity index (χ2n) is 9.22. The van der Waals surface area contributed by atoms with Crippen LogP contribution in [0.3, 0.4) is 0 Å². The minimum Gasteiger partial charge on any atom is -0.474 e. The molecule has 2 aliphatic rings. The predicted octanol–water partition coefficient (Wildman–Crippen LogP) is 4.36. The summed E-state index contributed by atoms with van der Waals surface area (Å²) in [6.07, 6.45) is -3.26. The second-order valence-corrected chi connectivity index (χ2v) is 9.22. The zero-order valence-electron chi connectivity index (χ0n) is 20.4. The Hall–Kier alpha value is -3.87. The summed E-state index contributed by atoms with van der Waals surface area (Å²) < 4.78 is 65.6. The number of anilines is 3. The fourth-order valence-electron chi connectivity index (χ4n) is 4.77. The fourth-order valence-corrected chi connectivity index (χ4v) is 4.77. The number of nitrogens with one attached hydrogen (secondary N) is 2. The summed E-state index contributed by atoms with van der Waals surface area (Å²) in [5.74, 6) is -0.107. The lowest BCUT2D eigenvalue weighted by Gasteiger charge is -2.33. The highest BCUT2D eigenvalue weighted by atomic mass is 19.3. The number of aromatic nitrogens is 2. The molecule has 3 aromatic rings. The molecule has 2 atom stereocenters. The van der Waals surface area contributed by atoms with Gasteiger partial charge in [-0.25, -0.2) is 32.3 Å². The fraction of sp³-hybridized carbons (Fsp3) is 0.400. The Labute approximate surface area is 215 Å². The third kappa shape index (κ3) is 5.10. The highest BCUT2D eigenvalue weighted by Crippen LogP contribution is 2.39. The third-order valence-electron chi connectivity index (χ3n) is 6.69. The number of hydrogen-bond acceptors (Lipinski definition) is 8. The second kappa shape index (κ2) is 10.5. The lowest BCUT2D eigenvalue weighted by atomic mass is 9.97. The molecule has 0 bridgehead atoms. The van der Waals surface area contributed by atoms with E-state index >= 15 is 4.39 Å². The van der Waals surface area contributed by atoms with Crippen LogP contribution in [-0.4, -0.2) is 72.4 Å². The van der Waals surface area contributed by atoms with Crippen molar-refractivity contribution in [2.24, 2.45) is 0 Å². The van der Waals surface area contributed by atoms with E-state index in [-0.39, 0.29) is 36.6 Å². The maximum atomic E-state index is 15.3. The minimum absolute atomic E-state index is 0.0830. The van der Waals surface area contributed by atoms with Crippen molar-refractivity contribution in [1.29, 1.82) is 0 Å². The van der Waals surface area contributed by atoms with Gasteiger partial charge in [0.1, 0.15) is 30.4 Å². The number of nitrogens with zero attached hydrogens (tertiary/aromatic N) is 3. The molecule has 0 radical (unpaired) electrons. The van der Waals surface area contributed by atoms with E-state index in [2.05, 4.69) is 20.6 Å². The van der Waals surface area contributed by atoms with E-state index in [1.54, 1.807) is 6.07 Å². The summed E-state index contributed by atoms with van der Waals surface area (Å²) in [6, 6.07) is 3.08. The van der Waals surface area contributed by atoms with Gasteiger partial charge in [-0.1, -0.05) is 0 Å². The zero-order chi connectivity index (χ0) is 27.0. The topological polar surface area (TPSA) is 115 Å². The number of fused-ring (bicyclic) bond motifs is 2. The van der Waals surface area contributed by atoms with Crippen LogP contribution in [0.5, 0.6) is 5.88 Å². The lowest BCUT2D eigenvalue weighted by molar-refractivity contribution is -0.0188. The smallest absolute Gasteiger partial charge is 0.413 e. The van der Waals surface area contributed by atoms with Crippen LogP contribution in [0.1, 0.15) is 12.0 Å². The summed E-state index contributed by atoms with van der Waals surface area (Å²) in [4.78, 5) is 22.1. The summed E-state index contributed by atoms with van der Waals surface area (Å²) in [7, 11) is 0. The maximum absolute atomic E-state index is 15.3. The van der Waals surface area contributed by atoms with E-state index < -0.39 is 37.2 Å². The molecule has 202 valence electrons. The maximum Gasteiger partial charge on any atom is 0.413 e. The number of carbonyl (C=O) groups excluding carboxylic acids is 1. The van der Waals surface area contributed by atoms with Gasteiger partial charge in [0.2, 0.25) is 5.88 Å². The van der Waals surface area contributed by atoms with Crippen LogP contribution in [0.15, 0.2) is 24.5 Å². The normalized spacial score (nSPS) is 19.5. The Morgan fingerprint density at radius 1 is 1.32 bits per heavy atom. The van der Waals surface area contributed by atoms with E-state index in [0.717, 1.165) is 5.56 Å². The van der Waals surface area contributed by atoms with Gasteiger partial charge in [-0.15, -0.1) is 0 Å². The standard InChI is InChI=1S/C25H26F4N6O3/c1-12-15(8-33-24-23(12)31-3-5-37-24)14-6-13-7-20(32-9-16(13)22(30)21(14)29)34-25(36)38-18-2-4-35(10-17(18)26)11-19(27)28/h6-9,17-19,31H,2-5,10-11,30H2,1H3,(H,32,34,36)/t17-,18-/m1/s1. The Morgan fingerprint density at radius 2 is 2.13 bits per heavy atom. The van der Waals surface area contributed by atoms with E-state index in [1.807, 2.05) is 6.92 Å². The zero-order valence-corrected chi connectivity index (χ0v) is 20.4. The van der Waals surface area contributed by atoms with E-state index in [9.17, 15) is 18.0 Å². The van der Waals surface area contributed by atoms with Gasteiger partial charge in [0, 0.05) is 55.0 Å². The number of nitrogen functional groups attached to an aromatic ring is 1. The summed E-state index contributed by atoms with van der Waals surface area (Å²) in [5, 5.41) is 6.49. The van der Waals surface area contributed by atoms with Gasteiger partial charge in [-0.05, 0) is 30.0 Å². The molecule has 0 spiro atoms. The molecule has 0 aliphatic carbocycles. The average molecular weight is 535 g/mol. The number of rotatable bonds is 5. The molecule has 13 heteroatoms. The number of nitrogens with two attached hydrogens (primary N) is 1. The largest absolute Gasteiger partial charge is 0.474 e. The van der Waals surface area contributed by atoms with E-state index in [4.69, 9.17) is 15.2 Å². The molecule has 4 heterocycles. The van der Waals surface area contributed by atoms with Crippen molar-refractivity contribution in [3.8, 4) is 17.0 Å². The van der Waals surface area contributed by atoms with Crippen LogP contribution < -0.4 is 21.1 Å². The van der Waals surface area contributed by atoms with Gasteiger partial charge in [0.05, 0.1) is 12.2 Å². The number of pyridine rings is 2.